The lowest BCUT2D eigenvalue weighted by Crippen LogP contribution is -2.34. The number of allylic oxidation sites excluding steroid dienone is 5. The van der Waals surface area contributed by atoms with Gasteiger partial charge < -0.3 is 10.2 Å². The number of nitrogens with zero attached hydrogens (tertiary/aromatic N) is 1. The molecule has 1 unspecified atom stereocenters. The highest BCUT2D eigenvalue weighted by atomic mass is 15.1. The third kappa shape index (κ3) is 3.30. The summed E-state index contributed by atoms with van der Waals surface area (Å²) in [5, 5.41) is 3.34. The lowest BCUT2D eigenvalue weighted by atomic mass is 9.90. The van der Waals surface area contributed by atoms with Crippen LogP contribution >= 0.6 is 0 Å². The Morgan fingerprint density at radius 3 is 2.58 bits per heavy atom. The lowest BCUT2D eigenvalue weighted by molar-refractivity contribution is 0.203. The van der Waals surface area contributed by atoms with E-state index in [4.69, 9.17) is 0 Å². The first-order valence-corrected chi connectivity index (χ1v) is 7.61. The minimum absolute atomic E-state index is 0.682. The first-order valence-electron chi connectivity index (χ1n) is 7.61. The summed E-state index contributed by atoms with van der Waals surface area (Å²) in [4.78, 5) is 2.54. The maximum absolute atomic E-state index is 3.34. The first kappa shape index (κ1) is 14.4. The molecule has 0 aromatic heterocycles. The van der Waals surface area contributed by atoms with Crippen molar-refractivity contribution in [1.82, 2.24) is 10.2 Å². The second-order valence-corrected chi connectivity index (χ2v) is 5.93. The molecule has 1 saturated carbocycles. The number of rotatable bonds is 5. The molecule has 0 bridgehead atoms. The van der Waals surface area contributed by atoms with Crippen LogP contribution in [0.25, 0.3) is 0 Å². The SMILES string of the molecule is C\C=C/C=C(\C=C/C)N1CCC2(CC1)CC2CNC. The highest BCUT2D eigenvalue weighted by Crippen LogP contribution is 2.59. The Morgan fingerprint density at radius 1 is 1.26 bits per heavy atom. The van der Waals surface area contributed by atoms with Gasteiger partial charge in [0.05, 0.1) is 0 Å². The zero-order valence-electron chi connectivity index (χ0n) is 12.7. The number of piperidine rings is 1. The van der Waals surface area contributed by atoms with Crippen LogP contribution in [0.5, 0.6) is 0 Å². The normalized spacial score (nSPS) is 26.8. The predicted molar refractivity (Wildman–Crippen MR) is 83.0 cm³/mol. The van der Waals surface area contributed by atoms with Gasteiger partial charge >= 0.3 is 0 Å². The van der Waals surface area contributed by atoms with Crippen LogP contribution in [0.3, 0.4) is 0 Å². The van der Waals surface area contributed by atoms with Crippen LogP contribution in [0.1, 0.15) is 33.1 Å². The summed E-state index contributed by atoms with van der Waals surface area (Å²) in [6, 6.07) is 0. The van der Waals surface area contributed by atoms with Gasteiger partial charge in [-0.25, -0.2) is 0 Å². The smallest absolute Gasteiger partial charge is 0.0362 e. The van der Waals surface area contributed by atoms with Crippen LogP contribution in [-0.4, -0.2) is 31.6 Å². The lowest BCUT2D eigenvalue weighted by Gasteiger charge is -2.35. The molecule has 1 saturated heterocycles. The predicted octanol–water partition coefficient (Wildman–Crippen LogP) is 3.34. The summed E-state index contributed by atoms with van der Waals surface area (Å²) in [6.07, 6.45) is 15.0. The average molecular weight is 260 g/mol. The van der Waals surface area contributed by atoms with Crippen LogP contribution in [-0.2, 0) is 0 Å². The molecule has 19 heavy (non-hydrogen) atoms. The third-order valence-electron chi connectivity index (χ3n) is 4.73. The maximum atomic E-state index is 3.34. The van der Waals surface area contributed by atoms with Crippen molar-refractivity contribution in [2.24, 2.45) is 11.3 Å². The van der Waals surface area contributed by atoms with Crippen molar-refractivity contribution in [2.45, 2.75) is 33.1 Å². The molecule has 2 fully saturated rings. The molecule has 1 heterocycles. The number of hydrogen-bond acceptors (Lipinski definition) is 2. The molecule has 0 radical (unpaired) electrons. The summed E-state index contributed by atoms with van der Waals surface area (Å²) in [5.41, 5.74) is 2.04. The van der Waals surface area contributed by atoms with E-state index in [2.05, 4.69) is 61.5 Å². The van der Waals surface area contributed by atoms with E-state index in [-0.39, 0.29) is 0 Å². The van der Waals surface area contributed by atoms with E-state index in [1.807, 2.05) is 0 Å². The van der Waals surface area contributed by atoms with E-state index in [0.717, 1.165) is 5.92 Å². The van der Waals surface area contributed by atoms with Crippen molar-refractivity contribution in [3.63, 3.8) is 0 Å². The molecule has 106 valence electrons. The van der Waals surface area contributed by atoms with Gasteiger partial charge in [-0.05, 0) is 70.2 Å². The molecule has 1 aliphatic heterocycles. The molecule has 1 spiro atoms. The third-order valence-corrected chi connectivity index (χ3v) is 4.73. The summed E-state index contributed by atoms with van der Waals surface area (Å²) in [6.45, 7) is 7.80. The fourth-order valence-electron chi connectivity index (χ4n) is 3.42. The van der Waals surface area contributed by atoms with E-state index < -0.39 is 0 Å². The van der Waals surface area contributed by atoms with Gasteiger partial charge in [-0.1, -0.05) is 18.2 Å². The van der Waals surface area contributed by atoms with Gasteiger partial charge in [0.15, 0.2) is 0 Å². The van der Waals surface area contributed by atoms with Crippen LogP contribution in [0.15, 0.2) is 36.1 Å². The van der Waals surface area contributed by atoms with Crippen molar-refractivity contribution in [2.75, 3.05) is 26.7 Å². The number of nitrogens with one attached hydrogen (secondary N) is 1. The van der Waals surface area contributed by atoms with Crippen LogP contribution in [0, 0.1) is 11.3 Å². The molecule has 0 aromatic carbocycles. The van der Waals surface area contributed by atoms with Crippen molar-refractivity contribution >= 4 is 0 Å². The molecule has 1 aliphatic carbocycles. The monoisotopic (exact) mass is 260 g/mol. The fraction of sp³-hybridized carbons (Fsp3) is 0.647. The van der Waals surface area contributed by atoms with E-state index in [0.29, 0.717) is 5.41 Å². The van der Waals surface area contributed by atoms with Crippen LogP contribution in [0.4, 0.5) is 0 Å². The number of likely N-dealkylation sites (tertiary alicyclic amines) is 1. The highest BCUT2D eigenvalue weighted by molar-refractivity contribution is 5.23. The molecule has 0 aromatic rings. The van der Waals surface area contributed by atoms with Gasteiger partial charge in [0.2, 0.25) is 0 Å². The fourth-order valence-corrected chi connectivity index (χ4v) is 3.42. The second-order valence-electron chi connectivity index (χ2n) is 5.93. The largest absolute Gasteiger partial charge is 0.372 e. The van der Waals surface area contributed by atoms with Crippen molar-refractivity contribution in [1.29, 1.82) is 0 Å². The summed E-state index contributed by atoms with van der Waals surface area (Å²) >= 11 is 0. The number of hydrogen-bond donors (Lipinski definition) is 1. The maximum Gasteiger partial charge on any atom is 0.0362 e. The zero-order chi connectivity index (χ0) is 13.7. The van der Waals surface area contributed by atoms with Crippen molar-refractivity contribution in [3.8, 4) is 0 Å². The van der Waals surface area contributed by atoms with Gasteiger partial charge in [-0.3, -0.25) is 0 Å². The van der Waals surface area contributed by atoms with E-state index in [1.165, 1.54) is 44.6 Å². The quantitative estimate of drug-likeness (QED) is 0.763. The summed E-state index contributed by atoms with van der Waals surface area (Å²) < 4.78 is 0. The Balaban J connectivity index is 1.92. The molecule has 2 heteroatoms. The van der Waals surface area contributed by atoms with Gasteiger partial charge in [0.1, 0.15) is 0 Å². The Morgan fingerprint density at radius 2 is 2.00 bits per heavy atom. The molecule has 2 nitrogen and oxygen atoms in total. The standard InChI is InChI=1S/C17H28N2/c1-4-6-8-16(7-5-2)19-11-9-17(10-12-19)13-15(17)14-18-3/h4-8,15,18H,9-14H2,1-3H3/b6-4-,7-5-,16-8+. The van der Waals surface area contributed by atoms with E-state index >= 15 is 0 Å². The Kier molecular flexibility index (Phi) is 4.87. The average Bonchev–Trinajstić information content (AvgIpc) is 3.08. The minimum Gasteiger partial charge on any atom is -0.372 e. The molecular formula is C17H28N2. The van der Waals surface area contributed by atoms with Crippen LogP contribution < -0.4 is 5.32 Å². The molecule has 2 aliphatic rings. The van der Waals surface area contributed by atoms with Crippen molar-refractivity contribution < 1.29 is 0 Å². The van der Waals surface area contributed by atoms with Gasteiger partial charge in [0.25, 0.3) is 0 Å². The molecular weight excluding hydrogens is 232 g/mol. The molecule has 2 rings (SSSR count). The van der Waals surface area contributed by atoms with Gasteiger partial charge in [-0.2, -0.15) is 0 Å². The topological polar surface area (TPSA) is 15.3 Å². The molecule has 0 amide bonds. The Bertz CT molecular complexity index is 371. The second kappa shape index (κ2) is 6.42. The van der Waals surface area contributed by atoms with Gasteiger partial charge in [-0.15, -0.1) is 0 Å². The zero-order valence-corrected chi connectivity index (χ0v) is 12.7. The van der Waals surface area contributed by atoms with E-state index in [9.17, 15) is 0 Å². The van der Waals surface area contributed by atoms with Crippen LogP contribution in [0.2, 0.25) is 0 Å². The summed E-state index contributed by atoms with van der Waals surface area (Å²) in [7, 11) is 2.07. The molecule has 1 atom stereocenters. The van der Waals surface area contributed by atoms with Crippen molar-refractivity contribution in [3.05, 3.63) is 36.1 Å². The van der Waals surface area contributed by atoms with Gasteiger partial charge in [0, 0.05) is 18.8 Å². The summed E-state index contributed by atoms with van der Waals surface area (Å²) in [5.74, 6) is 0.935. The van der Waals surface area contributed by atoms with E-state index in [1.54, 1.807) is 0 Å². The highest BCUT2D eigenvalue weighted by Gasteiger charge is 2.53. The first-order chi connectivity index (χ1) is 9.25. The molecule has 1 N–H and O–H groups in total. The Hall–Kier alpha value is -1.02. The Labute approximate surface area is 118 Å². The minimum atomic E-state index is 0.682.